The summed E-state index contributed by atoms with van der Waals surface area (Å²) in [5.41, 5.74) is 2.95. The van der Waals surface area contributed by atoms with Crippen molar-refractivity contribution in [1.29, 1.82) is 5.26 Å². The Kier molecular flexibility index (Phi) is 6.24. The summed E-state index contributed by atoms with van der Waals surface area (Å²) in [6.45, 7) is 1.93. The SMILES string of the molecule is CC=C=CCCCC#N. The van der Waals surface area contributed by atoms with Gasteiger partial charge in [0.2, 0.25) is 0 Å². The van der Waals surface area contributed by atoms with E-state index < -0.39 is 0 Å². The molecule has 0 aliphatic rings. The molecule has 0 bridgehead atoms. The van der Waals surface area contributed by atoms with Crippen molar-refractivity contribution >= 4 is 0 Å². The second-order valence-electron chi connectivity index (χ2n) is 1.71. The largest absolute Gasteiger partial charge is 0.198 e. The van der Waals surface area contributed by atoms with Crippen LogP contribution in [0.1, 0.15) is 26.2 Å². The maximum absolute atomic E-state index is 8.13. The monoisotopic (exact) mass is 121 g/mol. The molecule has 9 heavy (non-hydrogen) atoms. The van der Waals surface area contributed by atoms with Crippen LogP contribution in [-0.2, 0) is 0 Å². The second kappa shape index (κ2) is 7.01. The van der Waals surface area contributed by atoms with Crippen LogP contribution in [-0.4, -0.2) is 0 Å². The number of rotatable bonds is 3. The Hall–Kier alpha value is -0.990. The molecule has 0 radical (unpaired) electrons. The maximum atomic E-state index is 8.13. The van der Waals surface area contributed by atoms with Gasteiger partial charge < -0.3 is 0 Å². The highest BCUT2D eigenvalue weighted by Crippen LogP contribution is 1.92. The molecule has 0 saturated heterocycles. The standard InChI is InChI=1S/C8H11N/c1-2-3-4-5-6-7-8-9/h2,4H,5-7H2,1H3. The first-order valence-corrected chi connectivity index (χ1v) is 3.14. The molecule has 0 atom stereocenters. The van der Waals surface area contributed by atoms with Gasteiger partial charge in [0.25, 0.3) is 0 Å². The average molecular weight is 121 g/mol. The number of hydrogen-bond donors (Lipinski definition) is 0. The minimum Gasteiger partial charge on any atom is -0.198 e. The smallest absolute Gasteiger partial charge is 0.0621 e. The highest BCUT2D eigenvalue weighted by Gasteiger charge is 1.78. The van der Waals surface area contributed by atoms with Crippen molar-refractivity contribution in [3.63, 3.8) is 0 Å². The summed E-state index contributed by atoms with van der Waals surface area (Å²) < 4.78 is 0. The molecule has 0 unspecified atom stereocenters. The fourth-order valence-electron chi connectivity index (χ4n) is 0.484. The van der Waals surface area contributed by atoms with Crippen LogP contribution >= 0.6 is 0 Å². The predicted molar refractivity (Wildman–Crippen MR) is 37.8 cm³/mol. The minimum absolute atomic E-state index is 0.655. The lowest BCUT2D eigenvalue weighted by atomic mass is 10.2. The molecule has 0 saturated carbocycles. The summed E-state index contributed by atoms with van der Waals surface area (Å²) in [6, 6.07) is 2.09. The van der Waals surface area contributed by atoms with Crippen LogP contribution in [0.15, 0.2) is 17.9 Å². The third-order valence-electron chi connectivity index (χ3n) is 0.922. The molecule has 1 nitrogen and oxygen atoms in total. The molecule has 0 fully saturated rings. The molecule has 0 spiro atoms. The first-order chi connectivity index (χ1) is 4.41. The third-order valence-corrected chi connectivity index (χ3v) is 0.922. The normalized spacial score (nSPS) is 7.11. The van der Waals surface area contributed by atoms with Crippen LogP contribution in [0.3, 0.4) is 0 Å². The van der Waals surface area contributed by atoms with Crippen molar-refractivity contribution in [3.05, 3.63) is 17.9 Å². The Morgan fingerprint density at radius 3 is 2.89 bits per heavy atom. The average Bonchev–Trinajstić information content (AvgIpc) is 1.89. The zero-order chi connectivity index (χ0) is 6.95. The van der Waals surface area contributed by atoms with Crippen LogP contribution in [0.5, 0.6) is 0 Å². The van der Waals surface area contributed by atoms with Crippen LogP contribution in [0, 0.1) is 11.3 Å². The van der Waals surface area contributed by atoms with Crippen LogP contribution in [0.2, 0.25) is 0 Å². The Morgan fingerprint density at radius 2 is 2.33 bits per heavy atom. The van der Waals surface area contributed by atoms with E-state index in [2.05, 4.69) is 11.8 Å². The summed E-state index contributed by atoms with van der Waals surface area (Å²) in [5, 5.41) is 8.13. The van der Waals surface area contributed by atoms with E-state index in [1.165, 1.54) is 0 Å². The van der Waals surface area contributed by atoms with Gasteiger partial charge in [0.1, 0.15) is 0 Å². The van der Waals surface area contributed by atoms with Crippen molar-refractivity contribution in [3.8, 4) is 6.07 Å². The number of unbranched alkanes of at least 4 members (excludes halogenated alkanes) is 2. The molecule has 0 aromatic rings. The van der Waals surface area contributed by atoms with E-state index in [0.717, 1.165) is 12.8 Å². The van der Waals surface area contributed by atoms with E-state index in [1.807, 2.05) is 19.1 Å². The summed E-state index contributed by atoms with van der Waals surface area (Å²) in [4.78, 5) is 0. The Balaban J connectivity index is 3.12. The second-order valence-corrected chi connectivity index (χ2v) is 1.71. The van der Waals surface area contributed by atoms with E-state index in [0.29, 0.717) is 6.42 Å². The number of hydrogen-bond acceptors (Lipinski definition) is 1. The molecule has 0 aromatic carbocycles. The Bertz CT molecular complexity index is 144. The Labute approximate surface area is 56.3 Å². The van der Waals surface area contributed by atoms with Crippen molar-refractivity contribution in [2.45, 2.75) is 26.2 Å². The zero-order valence-electron chi connectivity index (χ0n) is 5.72. The summed E-state index contributed by atoms with van der Waals surface area (Å²) in [5.74, 6) is 0. The van der Waals surface area contributed by atoms with Gasteiger partial charge in [0.15, 0.2) is 0 Å². The summed E-state index contributed by atoms with van der Waals surface area (Å²) >= 11 is 0. The Morgan fingerprint density at radius 1 is 1.56 bits per heavy atom. The molecule has 0 amide bonds. The molecular weight excluding hydrogens is 110 g/mol. The first kappa shape index (κ1) is 8.01. The van der Waals surface area contributed by atoms with Gasteiger partial charge in [-0.3, -0.25) is 0 Å². The van der Waals surface area contributed by atoms with Gasteiger partial charge >= 0.3 is 0 Å². The lowest BCUT2D eigenvalue weighted by molar-refractivity contribution is 0.877. The summed E-state index contributed by atoms with van der Waals surface area (Å²) in [7, 11) is 0. The summed E-state index contributed by atoms with van der Waals surface area (Å²) in [6.07, 6.45) is 6.40. The van der Waals surface area contributed by atoms with Crippen LogP contribution < -0.4 is 0 Å². The quantitative estimate of drug-likeness (QED) is 0.415. The lowest BCUT2D eigenvalue weighted by Crippen LogP contribution is -1.65. The van der Waals surface area contributed by atoms with E-state index in [1.54, 1.807) is 0 Å². The van der Waals surface area contributed by atoms with Crippen molar-refractivity contribution in [2.24, 2.45) is 0 Å². The first-order valence-electron chi connectivity index (χ1n) is 3.14. The van der Waals surface area contributed by atoms with Gasteiger partial charge in [-0.1, -0.05) is 0 Å². The number of allylic oxidation sites excluding steroid dienone is 1. The molecule has 0 rings (SSSR count). The zero-order valence-corrected chi connectivity index (χ0v) is 5.72. The molecule has 0 aromatic heterocycles. The van der Waals surface area contributed by atoms with E-state index in [4.69, 9.17) is 5.26 Å². The number of nitrogens with zero attached hydrogens (tertiary/aromatic N) is 1. The van der Waals surface area contributed by atoms with Gasteiger partial charge in [-0.15, -0.1) is 5.73 Å². The fraction of sp³-hybridized carbons (Fsp3) is 0.500. The van der Waals surface area contributed by atoms with E-state index >= 15 is 0 Å². The maximum Gasteiger partial charge on any atom is 0.0621 e. The minimum atomic E-state index is 0.655. The topological polar surface area (TPSA) is 23.8 Å². The van der Waals surface area contributed by atoms with Crippen LogP contribution in [0.4, 0.5) is 0 Å². The van der Waals surface area contributed by atoms with E-state index in [9.17, 15) is 0 Å². The van der Waals surface area contributed by atoms with Gasteiger partial charge in [0.05, 0.1) is 6.07 Å². The van der Waals surface area contributed by atoms with Gasteiger partial charge in [-0.05, 0) is 31.9 Å². The van der Waals surface area contributed by atoms with E-state index in [-0.39, 0.29) is 0 Å². The van der Waals surface area contributed by atoms with Crippen molar-refractivity contribution < 1.29 is 0 Å². The molecular formula is C8H11N. The van der Waals surface area contributed by atoms with Gasteiger partial charge in [-0.25, -0.2) is 0 Å². The van der Waals surface area contributed by atoms with Crippen LogP contribution in [0.25, 0.3) is 0 Å². The van der Waals surface area contributed by atoms with Gasteiger partial charge in [-0.2, -0.15) is 5.26 Å². The predicted octanol–water partition coefficient (Wildman–Crippen LogP) is 2.41. The third kappa shape index (κ3) is 7.01. The number of nitriles is 1. The molecule has 48 valence electrons. The molecule has 0 N–H and O–H groups in total. The molecule has 0 aliphatic carbocycles. The highest BCUT2D eigenvalue weighted by atomic mass is 14.2. The lowest BCUT2D eigenvalue weighted by Gasteiger charge is -1.80. The molecule has 0 aliphatic heterocycles. The van der Waals surface area contributed by atoms with Gasteiger partial charge in [0, 0.05) is 6.42 Å². The fourth-order valence-corrected chi connectivity index (χ4v) is 0.484. The molecule has 0 heterocycles. The molecule has 1 heteroatoms. The highest BCUT2D eigenvalue weighted by molar-refractivity contribution is 4.82. The van der Waals surface area contributed by atoms with Crippen molar-refractivity contribution in [1.82, 2.24) is 0 Å². The van der Waals surface area contributed by atoms with Crippen molar-refractivity contribution in [2.75, 3.05) is 0 Å².